The van der Waals surface area contributed by atoms with Crippen molar-refractivity contribution >= 4 is 29.9 Å². The van der Waals surface area contributed by atoms with Crippen LogP contribution in [0.3, 0.4) is 0 Å². The number of nitrogens with one attached hydrogen (secondary N) is 2. The Kier molecular flexibility index (Phi) is 11.3. The molecule has 2 N–H and O–H groups in total. The number of piperidine rings is 1. The number of methoxy groups -OCH3 is 1. The molecule has 3 rings (SSSR count). The lowest BCUT2D eigenvalue weighted by Crippen LogP contribution is -2.44. The normalized spacial score (nSPS) is 15.7. The van der Waals surface area contributed by atoms with E-state index in [0.717, 1.165) is 61.2 Å². The van der Waals surface area contributed by atoms with Crippen molar-refractivity contribution in [1.82, 2.24) is 20.7 Å². The van der Waals surface area contributed by atoms with Gasteiger partial charge < -0.3 is 19.9 Å². The number of guanidine groups is 1. The molecule has 1 aliphatic heterocycles. The van der Waals surface area contributed by atoms with Crippen LogP contribution in [0.15, 0.2) is 33.8 Å². The Morgan fingerprint density at radius 1 is 1.12 bits per heavy atom. The van der Waals surface area contributed by atoms with E-state index in [1.807, 2.05) is 19.2 Å². The topological polar surface area (TPSA) is 74.9 Å². The van der Waals surface area contributed by atoms with Crippen LogP contribution in [-0.2, 0) is 19.4 Å². The van der Waals surface area contributed by atoms with Gasteiger partial charge in [0.1, 0.15) is 11.5 Å². The molecule has 1 aromatic carbocycles. The molecule has 178 valence electrons. The molecule has 1 aliphatic rings. The smallest absolute Gasteiger partial charge is 0.191 e. The Morgan fingerprint density at radius 3 is 2.44 bits per heavy atom. The van der Waals surface area contributed by atoms with Gasteiger partial charge in [-0.2, -0.15) is 0 Å². The molecule has 1 unspecified atom stereocenters. The predicted octanol–water partition coefficient (Wildman–Crippen LogP) is 4.32. The maximum absolute atomic E-state index is 5.49. The average molecular weight is 556 g/mol. The minimum atomic E-state index is 0. The van der Waals surface area contributed by atoms with Crippen molar-refractivity contribution in [2.45, 2.75) is 58.5 Å². The van der Waals surface area contributed by atoms with Gasteiger partial charge in [-0.25, -0.2) is 0 Å². The molecule has 1 aromatic heterocycles. The molecule has 0 radical (unpaired) electrons. The van der Waals surface area contributed by atoms with Crippen LogP contribution in [0.5, 0.6) is 5.75 Å². The van der Waals surface area contributed by atoms with Crippen molar-refractivity contribution in [2.24, 2.45) is 4.99 Å². The third-order valence-electron chi connectivity index (χ3n) is 6.06. The molecule has 1 atom stereocenters. The molecule has 0 amide bonds. The fraction of sp³-hybridized carbons (Fsp3) is 0.583. The second-order valence-electron chi connectivity index (χ2n) is 7.93. The lowest BCUT2D eigenvalue weighted by molar-refractivity contribution is 0.164. The number of benzene rings is 1. The molecule has 0 bridgehead atoms. The highest BCUT2D eigenvalue weighted by atomic mass is 127. The SMILES string of the molecule is CCc1noc(CC)c1CNC(=NC)NCC(c1ccc(OC)cc1)N1CCCCC1.I. The summed E-state index contributed by atoms with van der Waals surface area (Å²) in [6.07, 6.45) is 5.53. The van der Waals surface area contributed by atoms with Gasteiger partial charge in [-0.15, -0.1) is 24.0 Å². The van der Waals surface area contributed by atoms with E-state index in [-0.39, 0.29) is 30.0 Å². The molecule has 32 heavy (non-hydrogen) atoms. The van der Waals surface area contributed by atoms with Gasteiger partial charge in [0.25, 0.3) is 0 Å². The van der Waals surface area contributed by atoms with Crippen LogP contribution in [-0.4, -0.2) is 49.8 Å². The van der Waals surface area contributed by atoms with Crippen LogP contribution in [0.1, 0.15) is 61.7 Å². The van der Waals surface area contributed by atoms with E-state index in [1.165, 1.54) is 24.8 Å². The highest BCUT2D eigenvalue weighted by molar-refractivity contribution is 14.0. The number of ether oxygens (including phenoxy) is 1. The number of hydrogen-bond donors (Lipinski definition) is 2. The number of aryl methyl sites for hydroxylation is 2. The molecule has 2 heterocycles. The summed E-state index contributed by atoms with van der Waals surface area (Å²) in [6, 6.07) is 8.73. The van der Waals surface area contributed by atoms with Crippen molar-refractivity contribution in [3.05, 3.63) is 46.8 Å². The number of likely N-dealkylation sites (tertiary alicyclic amines) is 1. The summed E-state index contributed by atoms with van der Waals surface area (Å²) >= 11 is 0. The third-order valence-corrected chi connectivity index (χ3v) is 6.06. The van der Waals surface area contributed by atoms with Crippen molar-refractivity contribution in [1.29, 1.82) is 0 Å². The van der Waals surface area contributed by atoms with Crippen molar-refractivity contribution in [3.63, 3.8) is 0 Å². The van der Waals surface area contributed by atoms with Gasteiger partial charge in [-0.1, -0.05) is 37.6 Å². The Bertz CT molecular complexity index is 810. The monoisotopic (exact) mass is 555 g/mol. The molecule has 0 saturated carbocycles. The number of nitrogens with zero attached hydrogens (tertiary/aromatic N) is 3. The fourth-order valence-corrected chi connectivity index (χ4v) is 4.24. The summed E-state index contributed by atoms with van der Waals surface area (Å²) in [4.78, 5) is 7.02. The van der Waals surface area contributed by atoms with Gasteiger partial charge in [0.2, 0.25) is 0 Å². The van der Waals surface area contributed by atoms with E-state index in [9.17, 15) is 0 Å². The molecule has 1 fully saturated rings. The summed E-state index contributed by atoms with van der Waals surface area (Å²) in [6.45, 7) is 7.90. The van der Waals surface area contributed by atoms with E-state index < -0.39 is 0 Å². The minimum Gasteiger partial charge on any atom is -0.497 e. The van der Waals surface area contributed by atoms with Gasteiger partial charge in [0, 0.05) is 32.1 Å². The Hall–Kier alpha value is -1.81. The second-order valence-corrected chi connectivity index (χ2v) is 7.93. The standard InChI is InChI=1S/C24H37N5O2.HI/c1-5-21-20(23(6-2)31-28-21)16-26-24(25-3)27-17-22(29-14-8-7-9-15-29)18-10-12-19(30-4)13-11-18;/h10-13,22H,5-9,14-17H2,1-4H3,(H2,25,26,27);1H. The van der Waals surface area contributed by atoms with Crippen molar-refractivity contribution in [2.75, 3.05) is 33.8 Å². The van der Waals surface area contributed by atoms with Crippen LogP contribution in [0.25, 0.3) is 0 Å². The van der Waals surface area contributed by atoms with E-state index >= 15 is 0 Å². The van der Waals surface area contributed by atoms with Crippen LogP contribution >= 0.6 is 24.0 Å². The largest absolute Gasteiger partial charge is 0.497 e. The van der Waals surface area contributed by atoms with Crippen LogP contribution in [0, 0.1) is 0 Å². The summed E-state index contributed by atoms with van der Waals surface area (Å²) in [5.41, 5.74) is 3.46. The molecular formula is C24H38IN5O2. The second kappa shape index (κ2) is 13.7. The molecule has 2 aromatic rings. The lowest BCUT2D eigenvalue weighted by Gasteiger charge is -2.35. The molecule has 0 aliphatic carbocycles. The Labute approximate surface area is 209 Å². The first-order chi connectivity index (χ1) is 15.2. The zero-order chi connectivity index (χ0) is 22.1. The highest BCUT2D eigenvalue weighted by Gasteiger charge is 2.23. The first-order valence-electron chi connectivity index (χ1n) is 11.5. The van der Waals surface area contributed by atoms with Crippen LogP contribution < -0.4 is 15.4 Å². The summed E-state index contributed by atoms with van der Waals surface area (Å²) in [5, 5.41) is 11.2. The number of halogens is 1. The predicted molar refractivity (Wildman–Crippen MR) is 140 cm³/mol. The molecular weight excluding hydrogens is 517 g/mol. The first-order valence-corrected chi connectivity index (χ1v) is 11.5. The number of rotatable bonds is 9. The number of aliphatic imine (C=N–C) groups is 1. The lowest BCUT2D eigenvalue weighted by atomic mass is 10.0. The highest BCUT2D eigenvalue weighted by Crippen LogP contribution is 2.26. The van der Waals surface area contributed by atoms with E-state index in [4.69, 9.17) is 9.26 Å². The zero-order valence-electron chi connectivity index (χ0n) is 19.8. The van der Waals surface area contributed by atoms with Gasteiger partial charge in [0.05, 0.1) is 18.8 Å². The summed E-state index contributed by atoms with van der Waals surface area (Å²) in [7, 11) is 3.52. The molecule has 7 nitrogen and oxygen atoms in total. The third kappa shape index (κ3) is 6.84. The van der Waals surface area contributed by atoms with E-state index in [2.05, 4.69) is 51.7 Å². The minimum absolute atomic E-state index is 0. The first kappa shape index (κ1) is 26.4. The summed E-state index contributed by atoms with van der Waals surface area (Å²) in [5.74, 6) is 2.63. The van der Waals surface area contributed by atoms with Crippen LogP contribution in [0.2, 0.25) is 0 Å². The average Bonchev–Trinajstić information content (AvgIpc) is 3.24. The zero-order valence-corrected chi connectivity index (χ0v) is 22.1. The van der Waals surface area contributed by atoms with E-state index in [0.29, 0.717) is 6.54 Å². The maximum atomic E-state index is 5.49. The quantitative estimate of drug-likeness (QED) is 0.273. The van der Waals surface area contributed by atoms with Gasteiger partial charge >= 0.3 is 0 Å². The van der Waals surface area contributed by atoms with Gasteiger partial charge in [0.15, 0.2) is 5.96 Å². The number of hydrogen-bond acceptors (Lipinski definition) is 5. The van der Waals surface area contributed by atoms with Gasteiger partial charge in [-0.3, -0.25) is 9.89 Å². The Balaban J connectivity index is 0.00000363. The number of aromatic nitrogens is 1. The molecule has 0 spiro atoms. The van der Waals surface area contributed by atoms with Crippen LogP contribution in [0.4, 0.5) is 0 Å². The molecule has 1 saturated heterocycles. The maximum Gasteiger partial charge on any atom is 0.191 e. The molecule has 8 heteroatoms. The van der Waals surface area contributed by atoms with Crippen molar-refractivity contribution < 1.29 is 9.26 Å². The summed E-state index contributed by atoms with van der Waals surface area (Å²) < 4.78 is 10.8. The van der Waals surface area contributed by atoms with Crippen molar-refractivity contribution in [3.8, 4) is 5.75 Å². The van der Waals surface area contributed by atoms with E-state index in [1.54, 1.807) is 7.11 Å². The Morgan fingerprint density at radius 2 is 1.84 bits per heavy atom. The fourth-order valence-electron chi connectivity index (χ4n) is 4.24. The van der Waals surface area contributed by atoms with Gasteiger partial charge in [-0.05, 0) is 50.0 Å².